The van der Waals surface area contributed by atoms with E-state index >= 15 is 0 Å². The molecule has 5 amide bonds. The van der Waals surface area contributed by atoms with Gasteiger partial charge in [0.2, 0.25) is 0 Å². The molecule has 0 aliphatic carbocycles. The van der Waals surface area contributed by atoms with E-state index in [1.807, 2.05) is 114 Å². The first kappa shape index (κ1) is 69.5. The number of benzene rings is 4. The third-order valence-corrected chi connectivity index (χ3v) is 13.8. The molecule has 2 heterocycles. The van der Waals surface area contributed by atoms with Gasteiger partial charge in [0, 0.05) is 102 Å². The summed E-state index contributed by atoms with van der Waals surface area (Å²) in [5.41, 5.74) is 2.13. The van der Waals surface area contributed by atoms with Gasteiger partial charge in [0.25, 0.3) is 11.8 Å². The normalized spacial score (nSPS) is 16.6. The minimum atomic E-state index is -0.685. The van der Waals surface area contributed by atoms with Crippen LogP contribution in [0.3, 0.4) is 0 Å². The number of amides is 5. The van der Waals surface area contributed by atoms with Gasteiger partial charge in [-0.3, -0.25) is 9.59 Å². The number of halogens is 1. The molecular formula is C63H91ClN6O14. The predicted molar refractivity (Wildman–Crippen MR) is 324 cm³/mol. The zero-order valence-electron chi connectivity index (χ0n) is 51.0. The molecule has 20 nitrogen and oxygen atoms in total. The Kier molecular flexibility index (Phi) is 29.8. The summed E-state index contributed by atoms with van der Waals surface area (Å²) in [6, 6.07) is 28.9. The van der Waals surface area contributed by atoms with Crippen molar-refractivity contribution in [3.05, 3.63) is 119 Å². The highest BCUT2D eigenvalue weighted by atomic mass is 35.5. The first-order chi connectivity index (χ1) is 39.8. The maximum atomic E-state index is 14.1. The number of rotatable bonds is 26. The summed E-state index contributed by atoms with van der Waals surface area (Å²) in [6.07, 6.45) is 1.32. The molecule has 84 heavy (non-hydrogen) atoms. The summed E-state index contributed by atoms with van der Waals surface area (Å²) < 4.78 is 49.3. The number of piperidine rings is 2. The first-order valence-electron chi connectivity index (χ1n) is 28.7. The Morgan fingerprint density at radius 2 is 1.04 bits per heavy atom. The van der Waals surface area contributed by atoms with Gasteiger partial charge in [0.1, 0.15) is 18.8 Å². The SMILES string of the molecule is COCCCOc1cc(C(=O)N(C(C)C)[C@@H]2CC(CNC(=O)OCc3ccccc3)CN(C(=O)OC(C)(C)C)C2)ccc1OC.COCCCOc1cc(C(=O)N(C(C)C)[C@H]2CNCC(CNC(=O)OCc3ccccc3)C2)ccc1OC.Cl. The van der Waals surface area contributed by atoms with E-state index in [-0.39, 0.29) is 80.0 Å². The molecule has 0 radical (unpaired) electrons. The fourth-order valence-electron chi connectivity index (χ4n) is 9.93. The molecule has 0 saturated carbocycles. The second-order valence-corrected chi connectivity index (χ2v) is 22.2. The minimum Gasteiger partial charge on any atom is -0.493 e. The van der Waals surface area contributed by atoms with Gasteiger partial charge in [-0.1, -0.05) is 60.7 Å². The summed E-state index contributed by atoms with van der Waals surface area (Å²) in [7, 11) is 6.42. The molecular weight excluding hydrogens is 1100 g/mol. The van der Waals surface area contributed by atoms with Crippen LogP contribution in [0.25, 0.3) is 0 Å². The maximum Gasteiger partial charge on any atom is 0.410 e. The van der Waals surface area contributed by atoms with Crippen LogP contribution in [0.2, 0.25) is 0 Å². The second-order valence-electron chi connectivity index (χ2n) is 22.2. The summed E-state index contributed by atoms with van der Waals surface area (Å²) >= 11 is 0. The topological polar surface area (TPSA) is 214 Å². The zero-order chi connectivity index (χ0) is 60.3. The largest absolute Gasteiger partial charge is 0.493 e. The lowest BCUT2D eigenvalue weighted by molar-refractivity contribution is -0.00117. The standard InChI is InChI=1S/C34H49N3O8.C29H41N3O6.ClH/c1-24(2)37(31(38)27-14-15-29(42-7)30(19-27)43-17-11-16-41-6)28-18-26(21-36(22-28)33(40)45-34(3,4)5)20-35-32(39)44-23-25-12-9-8-10-13-25;1-21(2)32(28(33)24-11-12-26(36-4)27(16-24)37-14-8-13-35-3)25-15-23(17-30-19-25)18-31-29(34)38-20-22-9-6-5-7-10-22;/h8-10,12-15,19,24,26,28H,11,16-18,20-23H2,1-7H3,(H,35,39);5-7,9-12,16,21,23,25,30H,8,13-15,17-20H2,1-4H3,(H,31,34);1H/t26?,28-;23?,25-;/m11./s1. The van der Waals surface area contributed by atoms with Crippen LogP contribution >= 0.6 is 12.4 Å². The summed E-state index contributed by atoms with van der Waals surface area (Å²) in [5, 5.41) is 9.16. The number of ether oxygens (including phenoxy) is 9. The number of likely N-dealkylation sites (tertiary alicyclic amines) is 1. The van der Waals surface area contributed by atoms with Crippen LogP contribution in [0.4, 0.5) is 14.4 Å². The average molecular weight is 1190 g/mol. The molecule has 4 aromatic rings. The van der Waals surface area contributed by atoms with E-state index in [2.05, 4.69) is 16.0 Å². The molecule has 2 fully saturated rings. The number of hydrogen-bond acceptors (Lipinski definition) is 15. The fourth-order valence-corrected chi connectivity index (χ4v) is 9.93. The van der Waals surface area contributed by atoms with E-state index in [1.165, 1.54) is 0 Å². The Balaban J connectivity index is 0.000000361. The van der Waals surface area contributed by atoms with Crippen molar-refractivity contribution in [2.75, 3.05) is 94.1 Å². The Bertz CT molecular complexity index is 2630. The molecule has 0 aromatic heterocycles. The highest BCUT2D eigenvalue weighted by molar-refractivity contribution is 5.96. The lowest BCUT2D eigenvalue weighted by atomic mass is 9.92. The van der Waals surface area contributed by atoms with Crippen molar-refractivity contribution < 1.29 is 66.6 Å². The predicted octanol–water partition coefficient (Wildman–Crippen LogP) is 9.80. The van der Waals surface area contributed by atoms with E-state index in [1.54, 1.807) is 74.6 Å². The van der Waals surface area contributed by atoms with E-state index in [0.717, 1.165) is 30.5 Å². The van der Waals surface area contributed by atoms with Gasteiger partial charge in [-0.05, 0) is 127 Å². The van der Waals surface area contributed by atoms with Crippen molar-refractivity contribution in [3.63, 3.8) is 0 Å². The lowest BCUT2D eigenvalue weighted by Gasteiger charge is -2.44. The smallest absolute Gasteiger partial charge is 0.410 e. The third kappa shape index (κ3) is 22.9. The van der Waals surface area contributed by atoms with Crippen LogP contribution in [-0.4, -0.2) is 169 Å². The molecule has 0 bridgehead atoms. The summed E-state index contributed by atoms with van der Waals surface area (Å²) in [4.78, 5) is 71.2. The molecule has 2 saturated heterocycles. The van der Waals surface area contributed by atoms with Crippen molar-refractivity contribution in [3.8, 4) is 23.0 Å². The number of methoxy groups -OCH3 is 4. The van der Waals surface area contributed by atoms with Gasteiger partial charge in [0.15, 0.2) is 23.0 Å². The van der Waals surface area contributed by atoms with E-state index < -0.39 is 23.9 Å². The van der Waals surface area contributed by atoms with Crippen molar-refractivity contribution >= 4 is 42.5 Å². The summed E-state index contributed by atoms with van der Waals surface area (Å²) in [5.74, 6) is 1.88. The van der Waals surface area contributed by atoms with Crippen LogP contribution in [0, 0.1) is 11.8 Å². The van der Waals surface area contributed by atoms with Gasteiger partial charge in [-0.15, -0.1) is 12.4 Å². The van der Waals surface area contributed by atoms with E-state index in [9.17, 15) is 24.0 Å². The number of carbonyl (C=O) groups excluding carboxylic acids is 5. The van der Waals surface area contributed by atoms with Crippen LogP contribution in [0.1, 0.15) is 106 Å². The van der Waals surface area contributed by atoms with Crippen LogP contribution < -0.4 is 34.9 Å². The van der Waals surface area contributed by atoms with Gasteiger partial charge in [0.05, 0.1) is 33.5 Å². The maximum absolute atomic E-state index is 14.1. The average Bonchev–Trinajstić information content (AvgIpc) is 2.93. The van der Waals surface area contributed by atoms with Gasteiger partial charge < -0.3 is 73.3 Å². The Morgan fingerprint density at radius 3 is 1.48 bits per heavy atom. The second kappa shape index (κ2) is 36.0. The lowest BCUT2D eigenvalue weighted by Crippen LogP contribution is -2.57. The number of hydrogen-bond donors (Lipinski definition) is 3. The number of alkyl carbamates (subject to hydrolysis) is 2. The highest BCUT2D eigenvalue weighted by Crippen LogP contribution is 2.33. The van der Waals surface area contributed by atoms with Crippen LogP contribution in [0.5, 0.6) is 23.0 Å². The number of carbonyl (C=O) groups is 5. The molecule has 2 unspecified atom stereocenters. The Hall–Kier alpha value is -7.00. The summed E-state index contributed by atoms with van der Waals surface area (Å²) in [6.45, 7) is 18.6. The van der Waals surface area contributed by atoms with Gasteiger partial charge >= 0.3 is 18.3 Å². The van der Waals surface area contributed by atoms with Gasteiger partial charge in [-0.2, -0.15) is 0 Å². The zero-order valence-corrected chi connectivity index (χ0v) is 51.8. The molecule has 2 aliphatic rings. The molecule has 4 aromatic carbocycles. The molecule has 21 heteroatoms. The molecule has 6 rings (SSSR count). The van der Waals surface area contributed by atoms with Gasteiger partial charge in [-0.25, -0.2) is 14.4 Å². The van der Waals surface area contributed by atoms with Crippen LogP contribution in [-0.2, 0) is 36.9 Å². The van der Waals surface area contributed by atoms with Crippen LogP contribution in [0.15, 0.2) is 97.1 Å². The van der Waals surface area contributed by atoms with Crippen molar-refractivity contribution in [1.29, 1.82) is 0 Å². The van der Waals surface area contributed by atoms with E-state index in [0.29, 0.717) is 99.6 Å². The molecule has 4 atom stereocenters. The molecule has 0 spiro atoms. The van der Waals surface area contributed by atoms with Crippen molar-refractivity contribution in [2.45, 2.75) is 117 Å². The Morgan fingerprint density at radius 1 is 0.583 bits per heavy atom. The molecule has 464 valence electrons. The molecule has 3 N–H and O–H groups in total. The van der Waals surface area contributed by atoms with E-state index in [4.69, 9.17) is 42.6 Å². The monoisotopic (exact) mass is 1190 g/mol. The Labute approximate surface area is 503 Å². The molecule has 2 aliphatic heterocycles. The number of nitrogens with zero attached hydrogens (tertiary/aromatic N) is 3. The minimum absolute atomic E-state index is 0. The quantitative estimate of drug-likeness (QED) is 0.0394. The van der Waals surface area contributed by atoms with Crippen molar-refractivity contribution in [1.82, 2.24) is 30.7 Å². The first-order valence-corrected chi connectivity index (χ1v) is 28.7. The highest BCUT2D eigenvalue weighted by Gasteiger charge is 2.39. The third-order valence-electron chi connectivity index (χ3n) is 13.8. The fraction of sp³-hybridized carbons (Fsp3) is 0.540. The van der Waals surface area contributed by atoms with Crippen molar-refractivity contribution in [2.24, 2.45) is 11.8 Å². The number of nitrogens with one attached hydrogen (secondary N) is 3.